The molecular formula is C46H36N4O4P2. The monoisotopic (exact) mass is 770 g/mol. The Kier molecular flexibility index (Phi) is 8.62. The minimum Gasteiger partial charge on any atom is -0.267 e. The third-order valence-electron chi connectivity index (χ3n) is 11.3. The number of hydrogen-bond acceptors (Lipinski definition) is 4. The van der Waals surface area contributed by atoms with Crippen molar-refractivity contribution < 1.29 is 0 Å². The molecule has 4 heterocycles. The SMILES string of the molecule is O=c1c2ccccc2c(=O)n2n1[C@@H](c1ccccc1)P(CCP1[C@@H](c3ccccc3)n3c(=O)c4ccccc4c(=O)n3[C@@H]1c1ccccc1)[C@H]2c1ccccc1. The van der Waals surface area contributed by atoms with Gasteiger partial charge in [0.1, 0.15) is 23.1 Å². The summed E-state index contributed by atoms with van der Waals surface area (Å²) in [5.74, 6) is -1.56. The Labute approximate surface area is 324 Å². The lowest BCUT2D eigenvalue weighted by Crippen LogP contribution is -2.37. The summed E-state index contributed by atoms with van der Waals surface area (Å²) in [7, 11) is -2.39. The molecule has 0 N–H and O–H groups in total. The van der Waals surface area contributed by atoms with Gasteiger partial charge in [-0.1, -0.05) is 146 Å². The van der Waals surface area contributed by atoms with Crippen LogP contribution < -0.4 is 22.2 Å². The Morgan fingerprint density at radius 1 is 0.304 bits per heavy atom. The first-order valence-corrected chi connectivity index (χ1v) is 22.1. The van der Waals surface area contributed by atoms with Crippen LogP contribution in [0.1, 0.15) is 45.4 Å². The molecule has 0 radical (unpaired) electrons. The molecule has 6 aromatic carbocycles. The summed E-state index contributed by atoms with van der Waals surface area (Å²) < 4.78 is 6.96. The maximum atomic E-state index is 14.7. The van der Waals surface area contributed by atoms with E-state index in [0.717, 1.165) is 22.3 Å². The van der Waals surface area contributed by atoms with E-state index in [1.165, 1.54) is 0 Å². The Bertz CT molecular complexity index is 2600. The minimum absolute atomic E-state index is 0.187. The van der Waals surface area contributed by atoms with Gasteiger partial charge in [-0.2, -0.15) is 0 Å². The zero-order valence-electron chi connectivity index (χ0n) is 30.2. The van der Waals surface area contributed by atoms with Crippen LogP contribution in [0.2, 0.25) is 0 Å². The fraction of sp³-hybridized carbons (Fsp3) is 0.130. The van der Waals surface area contributed by atoms with Crippen molar-refractivity contribution in [1.29, 1.82) is 0 Å². The van der Waals surface area contributed by atoms with Crippen molar-refractivity contribution in [3.8, 4) is 0 Å². The smallest absolute Gasteiger partial charge is 0.267 e. The lowest BCUT2D eigenvalue weighted by molar-refractivity contribution is 0.494. The second kappa shape index (κ2) is 14.0. The first kappa shape index (κ1) is 34.5. The van der Waals surface area contributed by atoms with E-state index in [1.807, 2.05) is 97.1 Å². The molecule has 0 amide bonds. The molecule has 56 heavy (non-hydrogen) atoms. The second-order valence-corrected chi connectivity index (χ2v) is 19.2. The van der Waals surface area contributed by atoms with Crippen LogP contribution in [0.4, 0.5) is 0 Å². The van der Waals surface area contributed by atoms with E-state index in [-0.39, 0.29) is 45.4 Å². The Hall–Kier alpha value is -5.94. The van der Waals surface area contributed by atoms with Crippen molar-refractivity contribution in [3.63, 3.8) is 0 Å². The van der Waals surface area contributed by atoms with E-state index < -0.39 is 15.8 Å². The molecule has 5 atom stereocenters. The van der Waals surface area contributed by atoms with Crippen LogP contribution in [0.15, 0.2) is 189 Å². The van der Waals surface area contributed by atoms with E-state index in [0.29, 0.717) is 33.9 Å². The maximum absolute atomic E-state index is 14.7. The van der Waals surface area contributed by atoms with Crippen molar-refractivity contribution in [3.05, 3.63) is 234 Å². The number of hydrogen-bond donors (Lipinski definition) is 0. The maximum Gasteiger partial charge on any atom is 0.274 e. The van der Waals surface area contributed by atoms with Gasteiger partial charge in [0.05, 0.1) is 21.5 Å². The van der Waals surface area contributed by atoms with Crippen molar-refractivity contribution in [2.45, 2.75) is 23.1 Å². The van der Waals surface area contributed by atoms with Crippen LogP contribution in [0.5, 0.6) is 0 Å². The van der Waals surface area contributed by atoms with Crippen LogP contribution in [0, 0.1) is 0 Å². The molecule has 10 rings (SSSR count). The predicted octanol–water partition coefficient (Wildman–Crippen LogP) is 8.52. The van der Waals surface area contributed by atoms with Gasteiger partial charge in [0.2, 0.25) is 0 Å². The molecule has 2 aromatic heterocycles. The van der Waals surface area contributed by atoms with Crippen LogP contribution >= 0.6 is 15.8 Å². The summed E-state index contributed by atoms with van der Waals surface area (Å²) in [6, 6.07) is 54.5. The third-order valence-corrected chi connectivity index (χ3v) is 17.7. The number of fused-ring (bicyclic) bond motifs is 4. The lowest BCUT2D eigenvalue weighted by atomic mass is 10.2. The zero-order valence-corrected chi connectivity index (χ0v) is 32.0. The molecular weight excluding hydrogens is 734 g/mol. The number of rotatable bonds is 7. The standard InChI is InChI=1S/C46H36N4O4P2/c51-39-35-25-13-14-26-36(35)40(52)48-44(32-19-7-2-8-20-32)55(43(47(39)48)31-17-5-1-6-18-31)29-30-56-45(33-21-9-3-10-22-33)49-41(53)37-27-15-16-28-38(37)42(54)50(49)46(56)34-23-11-4-12-24-34/h1-28,43-46H,29-30H2/t43-,44-,45-,46+,56?/m0/s1. The summed E-state index contributed by atoms with van der Waals surface area (Å²) in [6.45, 7) is 0. The molecule has 0 aliphatic carbocycles. The molecule has 0 saturated heterocycles. The molecule has 274 valence electrons. The first-order chi connectivity index (χ1) is 27.5. The van der Waals surface area contributed by atoms with Gasteiger partial charge in [-0.05, 0) is 74.7 Å². The summed E-state index contributed by atoms with van der Waals surface area (Å²) in [5, 5.41) is 1.64. The average Bonchev–Trinajstić information content (AvgIpc) is 3.79. The summed E-state index contributed by atoms with van der Waals surface area (Å²) in [5.41, 5.74) is 3.15. The van der Waals surface area contributed by atoms with Crippen LogP contribution in [0.25, 0.3) is 21.5 Å². The van der Waals surface area contributed by atoms with Crippen molar-refractivity contribution in [1.82, 2.24) is 18.7 Å². The number of nitrogens with zero attached hydrogens (tertiary/aromatic N) is 4. The fourth-order valence-electron chi connectivity index (χ4n) is 8.89. The molecule has 0 saturated carbocycles. The lowest BCUT2D eigenvalue weighted by Gasteiger charge is -2.30. The normalized spacial score (nSPS) is 20.3. The largest absolute Gasteiger partial charge is 0.274 e. The highest BCUT2D eigenvalue weighted by atomic mass is 31.1. The van der Waals surface area contributed by atoms with Gasteiger partial charge in [0, 0.05) is 0 Å². The summed E-state index contributed by atoms with van der Waals surface area (Å²) in [4.78, 5) is 58.8. The molecule has 0 fully saturated rings. The molecule has 0 bridgehead atoms. The molecule has 0 spiro atoms. The van der Waals surface area contributed by atoms with Crippen LogP contribution in [-0.4, -0.2) is 31.1 Å². The molecule has 1 unspecified atom stereocenters. The molecule has 2 aliphatic rings. The van der Waals surface area contributed by atoms with Crippen molar-refractivity contribution in [2.24, 2.45) is 0 Å². The van der Waals surface area contributed by atoms with E-state index in [9.17, 15) is 19.2 Å². The van der Waals surface area contributed by atoms with Gasteiger partial charge in [-0.15, -0.1) is 0 Å². The number of benzene rings is 6. The highest BCUT2D eigenvalue weighted by molar-refractivity contribution is 7.62. The van der Waals surface area contributed by atoms with Crippen LogP contribution in [0.3, 0.4) is 0 Å². The van der Waals surface area contributed by atoms with Gasteiger partial charge >= 0.3 is 0 Å². The Morgan fingerprint density at radius 2 is 0.500 bits per heavy atom. The van der Waals surface area contributed by atoms with Crippen LogP contribution in [-0.2, 0) is 0 Å². The minimum atomic E-state index is -1.19. The Morgan fingerprint density at radius 3 is 0.714 bits per heavy atom. The van der Waals surface area contributed by atoms with Gasteiger partial charge in [0.25, 0.3) is 22.2 Å². The molecule has 8 nitrogen and oxygen atoms in total. The first-order valence-electron chi connectivity index (χ1n) is 18.8. The van der Waals surface area contributed by atoms with Gasteiger partial charge in [-0.25, -0.2) is 18.7 Å². The fourth-order valence-corrected chi connectivity index (χ4v) is 16.5. The summed E-state index contributed by atoms with van der Waals surface area (Å²) >= 11 is 0. The Balaban J connectivity index is 1.20. The van der Waals surface area contributed by atoms with E-state index in [1.54, 1.807) is 43.0 Å². The zero-order chi connectivity index (χ0) is 37.9. The quantitative estimate of drug-likeness (QED) is 0.152. The molecule has 2 aliphatic heterocycles. The number of aromatic nitrogens is 4. The van der Waals surface area contributed by atoms with Gasteiger partial charge in [-0.3, -0.25) is 19.2 Å². The van der Waals surface area contributed by atoms with Crippen molar-refractivity contribution in [2.75, 3.05) is 12.3 Å². The van der Waals surface area contributed by atoms with E-state index in [2.05, 4.69) is 48.5 Å². The molecule has 10 heteroatoms. The molecule has 8 aromatic rings. The van der Waals surface area contributed by atoms with E-state index >= 15 is 0 Å². The highest BCUT2D eigenvalue weighted by Gasteiger charge is 2.48. The van der Waals surface area contributed by atoms with Gasteiger partial charge < -0.3 is 0 Å². The van der Waals surface area contributed by atoms with Gasteiger partial charge in [0.15, 0.2) is 0 Å². The second-order valence-electron chi connectivity index (χ2n) is 14.3. The highest BCUT2D eigenvalue weighted by Crippen LogP contribution is 2.71. The van der Waals surface area contributed by atoms with Crippen molar-refractivity contribution >= 4 is 37.4 Å². The topological polar surface area (TPSA) is 88.0 Å². The average molecular weight is 771 g/mol. The van der Waals surface area contributed by atoms with E-state index in [4.69, 9.17) is 0 Å². The summed E-state index contributed by atoms with van der Waals surface area (Å²) in [6.07, 6.45) is 1.35. The third kappa shape index (κ3) is 5.35. The predicted molar refractivity (Wildman–Crippen MR) is 227 cm³/mol.